The van der Waals surface area contributed by atoms with E-state index in [1.54, 1.807) is 0 Å². The molecule has 118 valence electrons. The minimum absolute atomic E-state index is 0.718. The largest absolute Gasteiger partial charge is 0.419 e. The van der Waals surface area contributed by atoms with Crippen LogP contribution in [0.4, 0.5) is 31.1 Å². The maximum absolute atomic E-state index is 11.9. The van der Waals surface area contributed by atoms with E-state index in [1.165, 1.54) is 5.32 Å². The van der Waals surface area contributed by atoms with E-state index in [9.17, 15) is 40.5 Å². The third-order valence-corrected chi connectivity index (χ3v) is 2.88. The lowest BCUT2D eigenvalue weighted by Gasteiger charge is -2.18. The summed E-state index contributed by atoms with van der Waals surface area (Å²) in [4.78, 5) is 21.6. The first-order valence-electron chi connectivity index (χ1n) is 4.60. The van der Waals surface area contributed by atoms with E-state index >= 15 is 0 Å². The van der Waals surface area contributed by atoms with Crippen molar-refractivity contribution in [1.82, 2.24) is 5.32 Å². The van der Waals surface area contributed by atoms with Crippen LogP contribution in [0.1, 0.15) is 6.92 Å². The van der Waals surface area contributed by atoms with E-state index in [2.05, 4.69) is 9.05 Å². The minimum atomic E-state index is -5.47. The zero-order valence-corrected chi connectivity index (χ0v) is 10.6. The average Bonchev–Trinajstić information content (AvgIpc) is 2.20. The zero-order chi connectivity index (χ0) is 16.2. The second-order valence-corrected chi connectivity index (χ2v) is 5.18. The van der Waals surface area contributed by atoms with Gasteiger partial charge in [0.15, 0.2) is 13.2 Å². The topological polar surface area (TPSA) is 81.7 Å². The second kappa shape index (κ2) is 6.55. The molecule has 0 unspecified atom stereocenters. The number of hydrogen-bond acceptors (Lipinski definition) is 5. The van der Waals surface area contributed by atoms with Gasteiger partial charge in [-0.3, -0.25) is 24.0 Å². The van der Waals surface area contributed by atoms with Crippen molar-refractivity contribution in [3.8, 4) is 0 Å². The van der Waals surface area contributed by atoms with Crippen LogP contribution in [-0.4, -0.2) is 37.1 Å². The summed E-state index contributed by atoms with van der Waals surface area (Å²) in [5.41, 5.74) is -2.02. The maximum atomic E-state index is 11.9. The van der Waals surface area contributed by atoms with Crippen molar-refractivity contribution in [2.75, 3.05) is 13.2 Å². The number of alkyl halides is 6. The fourth-order valence-corrected chi connectivity index (χ4v) is 1.93. The lowest BCUT2D eigenvalue weighted by molar-refractivity contribution is -0.164. The van der Waals surface area contributed by atoms with E-state index in [0.717, 1.165) is 6.92 Å². The number of hydrogen-bond donors (Lipinski definition) is 1. The molecule has 0 atom stereocenters. The van der Waals surface area contributed by atoms with Crippen LogP contribution >= 0.6 is 7.60 Å². The van der Waals surface area contributed by atoms with Gasteiger partial charge < -0.3 is 0 Å². The SMILES string of the molecule is CC(=O)NC(=O)P(=O)(OCC(F)(F)F)OCC(F)(F)F. The molecule has 0 aliphatic heterocycles. The number of halogens is 6. The van der Waals surface area contributed by atoms with Crippen LogP contribution in [0.15, 0.2) is 0 Å². The lowest BCUT2D eigenvalue weighted by Crippen LogP contribution is -2.30. The van der Waals surface area contributed by atoms with Gasteiger partial charge in [0.25, 0.3) is 0 Å². The van der Waals surface area contributed by atoms with Crippen LogP contribution in [0, 0.1) is 0 Å². The highest BCUT2D eigenvalue weighted by atomic mass is 31.2. The van der Waals surface area contributed by atoms with Gasteiger partial charge >= 0.3 is 25.6 Å². The number of carbonyl (C=O) groups is 2. The Balaban J connectivity index is 4.98. The molecule has 0 aromatic heterocycles. The van der Waals surface area contributed by atoms with Crippen molar-refractivity contribution in [2.24, 2.45) is 0 Å². The Morgan fingerprint density at radius 3 is 1.60 bits per heavy atom. The van der Waals surface area contributed by atoms with E-state index < -0.39 is 44.7 Å². The Labute approximate surface area is 107 Å². The Morgan fingerprint density at radius 1 is 1.00 bits per heavy atom. The monoisotopic (exact) mass is 331 g/mol. The molecule has 0 radical (unpaired) electrons. The molecule has 13 heteroatoms. The molecule has 0 aliphatic rings. The normalized spacial score (nSPS) is 13.2. The fourth-order valence-electron chi connectivity index (χ4n) is 0.690. The maximum Gasteiger partial charge on any atom is 0.419 e. The van der Waals surface area contributed by atoms with Crippen LogP contribution in [0.25, 0.3) is 0 Å². The van der Waals surface area contributed by atoms with Gasteiger partial charge in [-0.05, 0) is 0 Å². The molecular weight excluding hydrogens is 323 g/mol. The molecule has 0 saturated carbocycles. The summed E-state index contributed by atoms with van der Waals surface area (Å²) in [7, 11) is -5.47. The highest BCUT2D eigenvalue weighted by molar-refractivity contribution is 7.71. The lowest BCUT2D eigenvalue weighted by atomic mass is 10.7. The summed E-state index contributed by atoms with van der Waals surface area (Å²) < 4.78 is 89.9. The molecule has 0 bridgehead atoms. The van der Waals surface area contributed by atoms with Crippen LogP contribution in [0.3, 0.4) is 0 Å². The third kappa shape index (κ3) is 8.12. The first kappa shape index (κ1) is 18.9. The molecule has 0 fully saturated rings. The predicted octanol–water partition coefficient (Wildman–Crippen LogP) is 2.59. The molecule has 1 N–H and O–H groups in total. The van der Waals surface area contributed by atoms with Gasteiger partial charge in [-0.25, -0.2) is 4.57 Å². The summed E-state index contributed by atoms with van der Waals surface area (Å²) in [6.07, 6.45) is -10.1. The van der Waals surface area contributed by atoms with E-state index in [0.29, 0.717) is 0 Å². The summed E-state index contributed by atoms with van der Waals surface area (Å²) >= 11 is 0. The molecule has 0 aromatic carbocycles. The first-order valence-corrected chi connectivity index (χ1v) is 6.14. The number of amides is 2. The van der Waals surface area contributed by atoms with Gasteiger partial charge in [0.2, 0.25) is 5.91 Å². The van der Waals surface area contributed by atoms with Crippen LogP contribution in [-0.2, 0) is 18.4 Å². The van der Waals surface area contributed by atoms with Crippen LogP contribution < -0.4 is 5.32 Å². The zero-order valence-electron chi connectivity index (χ0n) is 9.67. The molecule has 0 spiro atoms. The second-order valence-electron chi connectivity index (χ2n) is 3.26. The number of nitrogens with one attached hydrogen (secondary N) is 1. The van der Waals surface area contributed by atoms with Crippen molar-refractivity contribution in [3.63, 3.8) is 0 Å². The van der Waals surface area contributed by atoms with Crippen molar-refractivity contribution in [1.29, 1.82) is 0 Å². The summed E-state index contributed by atoms with van der Waals surface area (Å²) in [6.45, 7) is -3.85. The first-order chi connectivity index (χ1) is 8.75. The predicted molar refractivity (Wildman–Crippen MR) is 50.8 cm³/mol. The van der Waals surface area contributed by atoms with Gasteiger partial charge in [-0.15, -0.1) is 0 Å². The smallest absolute Gasteiger partial charge is 0.292 e. The molecule has 2 amide bonds. The van der Waals surface area contributed by atoms with Gasteiger partial charge in [0.1, 0.15) is 0 Å². The van der Waals surface area contributed by atoms with Crippen LogP contribution in [0.2, 0.25) is 0 Å². The quantitative estimate of drug-likeness (QED) is 0.619. The highest BCUT2D eigenvalue weighted by Gasteiger charge is 2.43. The van der Waals surface area contributed by atoms with Gasteiger partial charge in [0, 0.05) is 6.92 Å². The van der Waals surface area contributed by atoms with Crippen molar-refractivity contribution in [2.45, 2.75) is 19.3 Å². The molecular formula is C7H8F6NO5P. The van der Waals surface area contributed by atoms with Crippen molar-refractivity contribution in [3.05, 3.63) is 0 Å². The fraction of sp³-hybridized carbons (Fsp3) is 0.714. The standard InChI is InChI=1S/C7H8F6NO5P/c1-4(15)14-5(16)20(17,18-2-6(8,9)10)19-3-7(11,12)13/h2-3H2,1H3,(H,14,15,16). The molecule has 0 rings (SSSR count). The van der Waals surface area contributed by atoms with Gasteiger partial charge in [0.05, 0.1) is 0 Å². The van der Waals surface area contributed by atoms with Gasteiger partial charge in [-0.2, -0.15) is 26.3 Å². The van der Waals surface area contributed by atoms with Crippen molar-refractivity contribution >= 4 is 19.2 Å². The molecule has 0 heterocycles. The average molecular weight is 331 g/mol. The molecule has 0 aliphatic carbocycles. The summed E-state index contributed by atoms with van der Waals surface area (Å²) in [5.74, 6) is -1.17. The Kier molecular flexibility index (Phi) is 6.18. The Hall–Kier alpha value is -1.13. The molecule has 20 heavy (non-hydrogen) atoms. The number of rotatable bonds is 5. The number of imide groups is 1. The Morgan fingerprint density at radius 2 is 1.35 bits per heavy atom. The molecule has 6 nitrogen and oxygen atoms in total. The van der Waals surface area contributed by atoms with E-state index in [-0.39, 0.29) is 0 Å². The van der Waals surface area contributed by atoms with E-state index in [1.807, 2.05) is 0 Å². The summed E-state index contributed by atoms with van der Waals surface area (Å²) in [6, 6.07) is 0. The Bertz CT molecular complexity index is 397. The van der Waals surface area contributed by atoms with Gasteiger partial charge in [-0.1, -0.05) is 0 Å². The molecule has 0 saturated heterocycles. The van der Waals surface area contributed by atoms with E-state index in [4.69, 9.17) is 0 Å². The van der Waals surface area contributed by atoms with Crippen LogP contribution in [0.5, 0.6) is 0 Å². The number of carbonyl (C=O) groups excluding carboxylic acids is 2. The highest BCUT2D eigenvalue weighted by Crippen LogP contribution is 2.50. The van der Waals surface area contributed by atoms with Crippen molar-refractivity contribution < 1.29 is 49.5 Å². The molecule has 0 aromatic rings. The minimum Gasteiger partial charge on any atom is -0.292 e. The third-order valence-electron chi connectivity index (χ3n) is 1.33. The summed E-state index contributed by atoms with van der Waals surface area (Å²) in [5, 5.41) is 1.23.